The Morgan fingerprint density at radius 3 is 2.32 bits per heavy atom. The lowest BCUT2D eigenvalue weighted by molar-refractivity contribution is -0.130. The van der Waals surface area contributed by atoms with Crippen LogP contribution in [0.15, 0.2) is 0 Å². The van der Waals surface area contributed by atoms with Gasteiger partial charge in [-0.3, -0.25) is 9.59 Å². The van der Waals surface area contributed by atoms with Crippen molar-refractivity contribution < 1.29 is 19.6 Å². The number of nitrogens with one attached hydrogen (secondary N) is 3. The molecule has 2 unspecified atom stereocenters. The fraction of sp³-hybridized carbons (Fsp3) is 0.750. The van der Waals surface area contributed by atoms with Crippen LogP contribution in [-0.2, 0) is 14.4 Å². The maximum Gasteiger partial charge on any atom is 0.243 e. The van der Waals surface area contributed by atoms with E-state index < -0.39 is 12.1 Å². The summed E-state index contributed by atoms with van der Waals surface area (Å²) in [5, 5.41) is 13.6. The quantitative estimate of drug-likeness (QED) is 0.259. The number of hydroxylamine groups is 1. The van der Waals surface area contributed by atoms with Gasteiger partial charge in [-0.15, -0.1) is 0 Å². The Balaban J connectivity index is 4.41. The lowest BCUT2D eigenvalue weighted by Gasteiger charge is -2.23. The molecule has 0 rings (SSSR count). The van der Waals surface area contributed by atoms with Crippen LogP contribution < -0.4 is 16.1 Å². The second-order valence-corrected chi connectivity index (χ2v) is 4.72. The van der Waals surface area contributed by atoms with Crippen LogP contribution >= 0.6 is 0 Å². The Morgan fingerprint density at radius 1 is 1.26 bits per heavy atom. The molecule has 2 atom stereocenters. The van der Waals surface area contributed by atoms with Gasteiger partial charge in [0.05, 0.1) is 6.04 Å². The molecule has 110 valence electrons. The zero-order valence-corrected chi connectivity index (χ0v) is 11.6. The first-order valence-corrected chi connectivity index (χ1v) is 6.32. The fourth-order valence-corrected chi connectivity index (χ4v) is 1.60. The average molecular weight is 273 g/mol. The van der Waals surface area contributed by atoms with Crippen LogP contribution in [-0.4, -0.2) is 41.9 Å². The normalized spacial score (nSPS) is 13.7. The summed E-state index contributed by atoms with van der Waals surface area (Å²) in [6, 6.07) is -1.27. The first-order chi connectivity index (χ1) is 8.92. The predicted molar refractivity (Wildman–Crippen MR) is 69.5 cm³/mol. The largest absolute Gasteiger partial charge is 0.345 e. The standard InChI is InChI=1S/C12H23N3O4/c1-8(2)11(14-9(3)17)12(18)15-10(7-16)5-4-6-13-19/h7-8,10-11,13,19H,4-6H2,1-3H3,(H,14,17)(H,15,18). The number of hydrogen-bond acceptors (Lipinski definition) is 5. The molecule has 0 aliphatic heterocycles. The maximum atomic E-state index is 12.0. The number of hydrogen-bond donors (Lipinski definition) is 4. The van der Waals surface area contributed by atoms with E-state index in [-0.39, 0.29) is 17.7 Å². The zero-order valence-electron chi connectivity index (χ0n) is 11.6. The molecule has 0 saturated heterocycles. The van der Waals surface area contributed by atoms with E-state index in [9.17, 15) is 14.4 Å². The highest BCUT2D eigenvalue weighted by molar-refractivity contribution is 5.88. The molecule has 0 saturated carbocycles. The van der Waals surface area contributed by atoms with E-state index in [4.69, 9.17) is 5.21 Å². The SMILES string of the molecule is CC(=O)NC(C(=O)NC(C=O)CCCNO)C(C)C. The number of amides is 2. The van der Waals surface area contributed by atoms with Crippen molar-refractivity contribution in [1.82, 2.24) is 16.1 Å². The smallest absolute Gasteiger partial charge is 0.243 e. The molecule has 2 amide bonds. The number of rotatable bonds is 9. The topological polar surface area (TPSA) is 108 Å². The molecule has 0 bridgehead atoms. The minimum absolute atomic E-state index is 0.0738. The number of carbonyl (C=O) groups is 3. The van der Waals surface area contributed by atoms with Crippen molar-refractivity contribution in [2.24, 2.45) is 5.92 Å². The zero-order chi connectivity index (χ0) is 14.8. The molecule has 0 aromatic heterocycles. The Morgan fingerprint density at radius 2 is 1.89 bits per heavy atom. The van der Waals surface area contributed by atoms with E-state index >= 15 is 0 Å². The van der Waals surface area contributed by atoms with Gasteiger partial charge in [-0.25, -0.2) is 5.48 Å². The summed E-state index contributed by atoms with van der Waals surface area (Å²) < 4.78 is 0. The Hall–Kier alpha value is -1.47. The first kappa shape index (κ1) is 17.5. The summed E-state index contributed by atoms with van der Waals surface area (Å²) in [6.07, 6.45) is 1.63. The summed E-state index contributed by atoms with van der Waals surface area (Å²) in [5.41, 5.74) is 1.98. The number of carbonyl (C=O) groups excluding carboxylic acids is 3. The van der Waals surface area contributed by atoms with E-state index in [1.54, 1.807) is 0 Å². The summed E-state index contributed by atoms with van der Waals surface area (Å²) >= 11 is 0. The van der Waals surface area contributed by atoms with Gasteiger partial charge in [0.15, 0.2) is 0 Å². The van der Waals surface area contributed by atoms with Crippen molar-refractivity contribution >= 4 is 18.1 Å². The van der Waals surface area contributed by atoms with Crippen LogP contribution in [0.2, 0.25) is 0 Å². The summed E-state index contributed by atoms with van der Waals surface area (Å²) in [4.78, 5) is 33.9. The maximum absolute atomic E-state index is 12.0. The van der Waals surface area contributed by atoms with E-state index in [0.717, 1.165) is 0 Å². The second-order valence-electron chi connectivity index (χ2n) is 4.72. The lowest BCUT2D eigenvalue weighted by Crippen LogP contribution is -2.52. The summed E-state index contributed by atoms with van der Waals surface area (Å²) in [5.74, 6) is -0.740. The van der Waals surface area contributed by atoms with Gasteiger partial charge in [0.2, 0.25) is 11.8 Å². The van der Waals surface area contributed by atoms with Crippen molar-refractivity contribution in [3.05, 3.63) is 0 Å². The van der Waals surface area contributed by atoms with Crippen LogP contribution in [0, 0.1) is 5.92 Å². The van der Waals surface area contributed by atoms with Crippen molar-refractivity contribution in [2.45, 2.75) is 45.7 Å². The minimum Gasteiger partial charge on any atom is -0.345 e. The average Bonchev–Trinajstić information content (AvgIpc) is 2.34. The van der Waals surface area contributed by atoms with Crippen LogP contribution in [0.3, 0.4) is 0 Å². The highest BCUT2D eigenvalue weighted by Gasteiger charge is 2.24. The molecule has 0 aromatic rings. The van der Waals surface area contributed by atoms with Crippen molar-refractivity contribution in [3.8, 4) is 0 Å². The third-order valence-corrected chi connectivity index (χ3v) is 2.60. The van der Waals surface area contributed by atoms with E-state index in [2.05, 4.69) is 10.6 Å². The monoisotopic (exact) mass is 273 g/mol. The number of aldehydes is 1. The van der Waals surface area contributed by atoms with Gasteiger partial charge >= 0.3 is 0 Å². The molecule has 0 heterocycles. The molecule has 7 heteroatoms. The third-order valence-electron chi connectivity index (χ3n) is 2.60. The van der Waals surface area contributed by atoms with Gasteiger partial charge in [-0.05, 0) is 18.8 Å². The van der Waals surface area contributed by atoms with Gasteiger partial charge in [0.1, 0.15) is 12.3 Å². The molecular weight excluding hydrogens is 250 g/mol. The Bertz CT molecular complexity index is 307. The van der Waals surface area contributed by atoms with Crippen LogP contribution in [0.1, 0.15) is 33.6 Å². The third kappa shape index (κ3) is 7.53. The van der Waals surface area contributed by atoms with Crippen molar-refractivity contribution in [3.63, 3.8) is 0 Å². The molecule has 0 radical (unpaired) electrons. The van der Waals surface area contributed by atoms with Gasteiger partial charge in [-0.1, -0.05) is 13.8 Å². The first-order valence-electron chi connectivity index (χ1n) is 6.32. The molecular formula is C12H23N3O4. The van der Waals surface area contributed by atoms with E-state index in [1.165, 1.54) is 6.92 Å². The van der Waals surface area contributed by atoms with Gasteiger partial charge in [-0.2, -0.15) is 0 Å². The fourth-order valence-electron chi connectivity index (χ4n) is 1.60. The van der Waals surface area contributed by atoms with Crippen LogP contribution in [0.5, 0.6) is 0 Å². The highest BCUT2D eigenvalue weighted by atomic mass is 16.5. The van der Waals surface area contributed by atoms with Crippen LogP contribution in [0.4, 0.5) is 0 Å². The molecule has 0 fully saturated rings. The molecule has 0 spiro atoms. The second kappa shape index (κ2) is 9.46. The minimum atomic E-state index is -0.657. The Labute approximate surface area is 113 Å². The van der Waals surface area contributed by atoms with Gasteiger partial charge in [0, 0.05) is 13.5 Å². The van der Waals surface area contributed by atoms with Gasteiger partial charge < -0.3 is 20.6 Å². The van der Waals surface area contributed by atoms with E-state index in [1.807, 2.05) is 19.3 Å². The molecule has 7 nitrogen and oxygen atoms in total. The molecule has 4 N–H and O–H groups in total. The summed E-state index contributed by atoms with van der Waals surface area (Å²) in [6.45, 7) is 5.31. The van der Waals surface area contributed by atoms with Crippen molar-refractivity contribution in [1.29, 1.82) is 0 Å². The lowest BCUT2D eigenvalue weighted by atomic mass is 10.0. The molecule has 0 aromatic carbocycles. The highest BCUT2D eigenvalue weighted by Crippen LogP contribution is 2.03. The van der Waals surface area contributed by atoms with Crippen molar-refractivity contribution in [2.75, 3.05) is 6.54 Å². The molecule has 0 aliphatic carbocycles. The predicted octanol–water partition coefficient (Wildman–Crippen LogP) is -0.410. The van der Waals surface area contributed by atoms with Crippen LogP contribution in [0.25, 0.3) is 0 Å². The van der Waals surface area contributed by atoms with Gasteiger partial charge in [0.25, 0.3) is 0 Å². The molecule has 19 heavy (non-hydrogen) atoms. The van der Waals surface area contributed by atoms with E-state index in [0.29, 0.717) is 25.7 Å². The summed E-state index contributed by atoms with van der Waals surface area (Å²) in [7, 11) is 0. The Kier molecular flexibility index (Phi) is 8.73. The molecule has 0 aliphatic rings.